The van der Waals surface area contributed by atoms with E-state index in [1.54, 1.807) is 0 Å². The molecule has 1 saturated heterocycles. The number of unbranched alkanes of at least 4 members (excludes halogenated alkanes) is 9. The number of cyclic esters (lactones) is 2. The third-order valence-electron chi connectivity index (χ3n) is 4.61. The van der Waals surface area contributed by atoms with Crippen molar-refractivity contribution in [3.8, 4) is 0 Å². The summed E-state index contributed by atoms with van der Waals surface area (Å²) in [4.78, 5) is 23.8. The Hall–Kier alpha value is -1.19. The van der Waals surface area contributed by atoms with E-state index < -0.39 is 28.3 Å². The van der Waals surface area contributed by atoms with Gasteiger partial charge in [0.1, 0.15) is 0 Å². The van der Waals surface area contributed by atoms with E-state index in [1.165, 1.54) is 0 Å². The highest BCUT2D eigenvalue weighted by Crippen LogP contribution is 2.30. The zero-order chi connectivity index (χ0) is 21.6. The first-order valence-electron chi connectivity index (χ1n) is 10.9. The lowest BCUT2D eigenvalue weighted by molar-refractivity contribution is -0.309. The van der Waals surface area contributed by atoms with E-state index in [0.717, 1.165) is 57.8 Å². The number of hydrogen-bond donors (Lipinski definition) is 0. The van der Waals surface area contributed by atoms with Crippen molar-refractivity contribution in [2.45, 2.75) is 110 Å². The van der Waals surface area contributed by atoms with Crippen LogP contribution >= 0.6 is 0 Å². The summed E-state index contributed by atoms with van der Waals surface area (Å²) in [6, 6.07) is 0. The zero-order valence-corrected chi connectivity index (χ0v) is 18.6. The number of rotatable bonds is 16. The van der Waals surface area contributed by atoms with Gasteiger partial charge in [0.15, 0.2) is 0 Å². The highest BCUT2D eigenvalue weighted by atomic mass is 32.3. The van der Waals surface area contributed by atoms with Gasteiger partial charge >= 0.3 is 28.3 Å². The van der Waals surface area contributed by atoms with Crippen molar-refractivity contribution in [2.75, 3.05) is 6.61 Å². The molecular formula is C20H36O8S. The molecule has 0 radical (unpaired) electrons. The monoisotopic (exact) mass is 436 g/mol. The minimum atomic E-state index is -4.50. The van der Waals surface area contributed by atoms with E-state index >= 15 is 0 Å². The molecule has 0 atom stereocenters. The van der Waals surface area contributed by atoms with Gasteiger partial charge in [-0.1, -0.05) is 71.6 Å². The maximum absolute atomic E-state index is 12.3. The third-order valence-corrected chi connectivity index (χ3v) is 5.53. The van der Waals surface area contributed by atoms with Crippen LogP contribution in [0.3, 0.4) is 0 Å². The maximum atomic E-state index is 12.3. The summed E-state index contributed by atoms with van der Waals surface area (Å²) in [6.07, 6.45) is 9.66. The van der Waals surface area contributed by atoms with Crippen molar-refractivity contribution >= 4 is 22.3 Å². The highest BCUT2D eigenvalue weighted by molar-refractivity contribution is 7.81. The molecule has 29 heavy (non-hydrogen) atoms. The number of carbonyl (C=O) groups is 2. The molecule has 0 bridgehead atoms. The van der Waals surface area contributed by atoms with Crippen LogP contribution in [0, 0.1) is 0 Å². The van der Waals surface area contributed by atoms with Gasteiger partial charge in [0, 0.05) is 0 Å². The van der Waals surface area contributed by atoms with Gasteiger partial charge in [0.05, 0.1) is 25.9 Å². The second-order valence-corrected chi connectivity index (χ2v) is 8.60. The van der Waals surface area contributed by atoms with Crippen molar-refractivity contribution < 1.29 is 35.8 Å². The Kier molecular flexibility index (Phi) is 12.4. The van der Waals surface area contributed by atoms with Gasteiger partial charge in [-0.25, -0.2) is 4.18 Å². The Bertz CT molecular complexity index is 569. The Morgan fingerprint density at radius 1 is 0.793 bits per heavy atom. The average molecular weight is 437 g/mol. The fourth-order valence-electron chi connectivity index (χ4n) is 3.02. The molecule has 1 heterocycles. The predicted octanol–water partition coefficient (Wildman–Crippen LogP) is 4.52. The van der Waals surface area contributed by atoms with Crippen LogP contribution < -0.4 is 0 Å². The molecule has 170 valence electrons. The average Bonchev–Trinajstić information content (AvgIpc) is 2.78. The van der Waals surface area contributed by atoms with Crippen LogP contribution in [-0.4, -0.2) is 32.9 Å². The van der Waals surface area contributed by atoms with Gasteiger partial charge in [0.2, 0.25) is 0 Å². The Labute approximate surface area is 174 Å². The predicted molar refractivity (Wildman–Crippen MR) is 107 cm³/mol. The summed E-state index contributed by atoms with van der Waals surface area (Å²) in [5.41, 5.74) is 0. The number of ether oxygens (including phenoxy) is 2. The summed E-state index contributed by atoms with van der Waals surface area (Å²) in [5, 5.41) is 0. The maximum Gasteiger partial charge on any atom is 0.406 e. The molecule has 0 saturated carbocycles. The van der Waals surface area contributed by atoms with Gasteiger partial charge in [-0.05, 0) is 12.8 Å². The van der Waals surface area contributed by atoms with Crippen molar-refractivity contribution in [1.29, 1.82) is 0 Å². The van der Waals surface area contributed by atoms with Crippen molar-refractivity contribution in [1.82, 2.24) is 0 Å². The largest absolute Gasteiger partial charge is 0.406 e. The van der Waals surface area contributed by atoms with Gasteiger partial charge in [-0.15, -0.1) is 0 Å². The molecule has 0 aliphatic carbocycles. The van der Waals surface area contributed by atoms with Gasteiger partial charge < -0.3 is 9.47 Å². The second kappa shape index (κ2) is 13.9. The molecule has 0 aromatic carbocycles. The quantitative estimate of drug-likeness (QED) is 0.257. The van der Waals surface area contributed by atoms with E-state index in [0.29, 0.717) is 12.8 Å². The molecule has 9 heteroatoms. The van der Waals surface area contributed by atoms with E-state index in [1.807, 2.05) is 0 Å². The summed E-state index contributed by atoms with van der Waals surface area (Å²) in [5.74, 6) is -3.76. The standard InChI is InChI=1S/C20H36O8S/c1-3-5-7-9-11-13-17-25-29(23,24)28-20(16-12-10-8-6-4-2)26-18(21)14-15-19(22)27-20/h3-17H2,1-2H3. The lowest BCUT2D eigenvalue weighted by Gasteiger charge is -2.29. The van der Waals surface area contributed by atoms with Crippen LogP contribution in [0.4, 0.5) is 0 Å². The number of esters is 2. The summed E-state index contributed by atoms with van der Waals surface area (Å²) >= 11 is 0. The van der Waals surface area contributed by atoms with E-state index in [-0.39, 0.29) is 25.9 Å². The minimum absolute atomic E-state index is 0.0388. The molecule has 0 unspecified atom stereocenters. The molecule has 0 aromatic rings. The molecule has 1 rings (SSSR count). The number of carbonyl (C=O) groups excluding carboxylic acids is 2. The molecule has 0 aromatic heterocycles. The van der Waals surface area contributed by atoms with Crippen LogP contribution in [-0.2, 0) is 37.8 Å². The van der Waals surface area contributed by atoms with Crippen LogP contribution in [0.2, 0.25) is 0 Å². The van der Waals surface area contributed by atoms with E-state index in [4.69, 9.17) is 17.8 Å². The lowest BCUT2D eigenvalue weighted by Crippen LogP contribution is -2.43. The van der Waals surface area contributed by atoms with Crippen LogP contribution in [0.5, 0.6) is 0 Å². The Balaban J connectivity index is 2.64. The van der Waals surface area contributed by atoms with Crippen molar-refractivity contribution in [3.05, 3.63) is 0 Å². The van der Waals surface area contributed by atoms with Gasteiger partial charge in [-0.2, -0.15) is 12.6 Å². The van der Waals surface area contributed by atoms with Crippen molar-refractivity contribution in [2.24, 2.45) is 0 Å². The summed E-state index contributed by atoms with van der Waals surface area (Å²) in [6.45, 7) is 4.16. The molecule has 0 amide bonds. The topological polar surface area (TPSA) is 105 Å². The third kappa shape index (κ3) is 11.5. The summed E-state index contributed by atoms with van der Waals surface area (Å²) in [7, 11) is -4.50. The molecule has 0 N–H and O–H groups in total. The Morgan fingerprint density at radius 3 is 1.83 bits per heavy atom. The number of hydrogen-bond acceptors (Lipinski definition) is 8. The smallest absolute Gasteiger partial charge is 0.397 e. The molecule has 0 spiro atoms. The fourth-order valence-corrected chi connectivity index (χ4v) is 3.85. The molecular weight excluding hydrogens is 400 g/mol. The van der Waals surface area contributed by atoms with Crippen LogP contribution in [0.25, 0.3) is 0 Å². The molecule has 1 fully saturated rings. The van der Waals surface area contributed by atoms with Gasteiger partial charge in [-0.3, -0.25) is 9.59 Å². The fraction of sp³-hybridized carbons (Fsp3) is 0.900. The molecule has 1 aliphatic rings. The zero-order valence-electron chi connectivity index (χ0n) is 17.8. The highest BCUT2D eigenvalue weighted by Gasteiger charge is 2.46. The first-order valence-corrected chi connectivity index (χ1v) is 12.2. The SMILES string of the molecule is CCCCCCCCOS(=O)(=O)OC1(CCCCCCC)OC(=O)CCC(=O)O1. The second-order valence-electron chi connectivity index (χ2n) is 7.38. The lowest BCUT2D eigenvalue weighted by atomic mass is 10.1. The van der Waals surface area contributed by atoms with E-state index in [2.05, 4.69) is 13.8 Å². The minimum Gasteiger partial charge on any atom is -0.397 e. The molecule has 1 aliphatic heterocycles. The Morgan fingerprint density at radius 2 is 1.28 bits per heavy atom. The van der Waals surface area contributed by atoms with Crippen molar-refractivity contribution in [3.63, 3.8) is 0 Å². The first-order chi connectivity index (χ1) is 13.8. The van der Waals surface area contributed by atoms with E-state index in [9.17, 15) is 18.0 Å². The first kappa shape index (κ1) is 25.8. The van der Waals surface area contributed by atoms with Gasteiger partial charge in [0.25, 0.3) is 0 Å². The normalized spacial score (nSPS) is 16.9. The van der Waals surface area contributed by atoms with Crippen LogP contribution in [0.15, 0.2) is 0 Å². The molecule has 8 nitrogen and oxygen atoms in total. The van der Waals surface area contributed by atoms with Crippen LogP contribution in [0.1, 0.15) is 104 Å². The summed E-state index contributed by atoms with van der Waals surface area (Å²) < 4.78 is 44.7.